The molecule has 1 heterocycles. The minimum absolute atomic E-state index is 0.324. The number of rotatable bonds is 4. The van der Waals surface area contributed by atoms with Crippen molar-refractivity contribution in [1.82, 2.24) is 16.2 Å². The molecule has 3 rings (SSSR count). The third-order valence-corrected chi connectivity index (χ3v) is 5.55. The molecule has 0 radical (unpaired) electrons. The van der Waals surface area contributed by atoms with E-state index in [4.69, 9.17) is 21.4 Å². The molecule has 8 heteroatoms. The standard InChI is InChI=1S/C21H27N3O4S/c1-12-6-4-5-7-17(12)22-21(29)24-23-20(26)14(3)27-15-8-9-16-13(2)10-19(25)28-18(16)11-15/h8-12,14,17H,4-7H2,1-3H3,(H,23,26)(H2,22,24,29)/t12-,14-,17+/m0/s1. The van der Waals surface area contributed by atoms with E-state index in [0.29, 0.717) is 28.4 Å². The van der Waals surface area contributed by atoms with Gasteiger partial charge in [0, 0.05) is 23.6 Å². The zero-order chi connectivity index (χ0) is 21.0. The Balaban J connectivity index is 1.53. The van der Waals surface area contributed by atoms with Gasteiger partial charge in [0.1, 0.15) is 11.3 Å². The maximum Gasteiger partial charge on any atom is 0.336 e. The fourth-order valence-electron chi connectivity index (χ4n) is 3.59. The van der Waals surface area contributed by atoms with Crippen LogP contribution in [0.25, 0.3) is 11.0 Å². The molecule has 7 nitrogen and oxygen atoms in total. The molecule has 0 bridgehead atoms. The summed E-state index contributed by atoms with van der Waals surface area (Å²) in [5.74, 6) is 0.625. The Morgan fingerprint density at radius 2 is 2.00 bits per heavy atom. The molecule has 2 aromatic rings. The van der Waals surface area contributed by atoms with Gasteiger partial charge in [-0.2, -0.15) is 0 Å². The highest BCUT2D eigenvalue weighted by atomic mass is 32.1. The first-order chi connectivity index (χ1) is 13.8. The number of hydrogen-bond donors (Lipinski definition) is 3. The normalized spacial score (nSPS) is 20.0. The van der Waals surface area contributed by atoms with Crippen LogP contribution in [-0.4, -0.2) is 23.2 Å². The molecule has 1 saturated carbocycles. The van der Waals surface area contributed by atoms with Crippen LogP contribution in [-0.2, 0) is 4.79 Å². The highest BCUT2D eigenvalue weighted by Gasteiger charge is 2.22. The van der Waals surface area contributed by atoms with Crippen molar-refractivity contribution in [3.8, 4) is 5.75 Å². The molecule has 1 aromatic carbocycles. The van der Waals surface area contributed by atoms with E-state index in [-0.39, 0.29) is 5.91 Å². The number of carbonyl (C=O) groups is 1. The van der Waals surface area contributed by atoms with E-state index in [1.165, 1.54) is 25.3 Å². The first-order valence-corrected chi connectivity index (χ1v) is 10.3. The van der Waals surface area contributed by atoms with E-state index in [9.17, 15) is 9.59 Å². The molecule has 0 unspecified atom stereocenters. The highest BCUT2D eigenvalue weighted by Crippen LogP contribution is 2.24. The minimum Gasteiger partial charge on any atom is -0.481 e. The van der Waals surface area contributed by atoms with Gasteiger partial charge in [-0.05, 0) is 62.5 Å². The zero-order valence-corrected chi connectivity index (χ0v) is 17.7. The summed E-state index contributed by atoms with van der Waals surface area (Å²) in [6.07, 6.45) is 3.93. The van der Waals surface area contributed by atoms with Crippen molar-refractivity contribution < 1.29 is 13.9 Å². The van der Waals surface area contributed by atoms with E-state index in [2.05, 4.69) is 23.1 Å². The van der Waals surface area contributed by atoms with Crippen LogP contribution in [0.1, 0.15) is 45.1 Å². The Labute approximate surface area is 175 Å². The molecular formula is C21H27N3O4S. The van der Waals surface area contributed by atoms with E-state index in [1.807, 2.05) is 6.92 Å². The molecule has 1 amide bonds. The highest BCUT2D eigenvalue weighted by molar-refractivity contribution is 7.80. The van der Waals surface area contributed by atoms with Crippen LogP contribution < -0.4 is 26.5 Å². The molecular weight excluding hydrogens is 390 g/mol. The summed E-state index contributed by atoms with van der Waals surface area (Å²) in [5, 5.41) is 4.48. The lowest BCUT2D eigenvalue weighted by atomic mass is 9.86. The van der Waals surface area contributed by atoms with Gasteiger partial charge in [0.25, 0.3) is 5.91 Å². The van der Waals surface area contributed by atoms with Crippen molar-refractivity contribution >= 4 is 34.2 Å². The fourth-order valence-corrected chi connectivity index (χ4v) is 3.79. The van der Waals surface area contributed by atoms with Gasteiger partial charge in [-0.1, -0.05) is 19.8 Å². The van der Waals surface area contributed by atoms with Crippen molar-refractivity contribution in [3.63, 3.8) is 0 Å². The van der Waals surface area contributed by atoms with Gasteiger partial charge in [0.15, 0.2) is 11.2 Å². The third-order valence-electron chi connectivity index (χ3n) is 5.33. The van der Waals surface area contributed by atoms with E-state index in [1.54, 1.807) is 25.1 Å². The number of hydrogen-bond acceptors (Lipinski definition) is 5. The number of ether oxygens (including phenoxy) is 1. The predicted octanol–water partition coefficient (Wildman–Crippen LogP) is 2.94. The van der Waals surface area contributed by atoms with Crippen molar-refractivity contribution in [2.24, 2.45) is 5.92 Å². The molecule has 0 spiro atoms. The first kappa shape index (κ1) is 21.1. The number of thiocarbonyl (C=S) groups is 1. The molecule has 1 aliphatic carbocycles. The topological polar surface area (TPSA) is 92.6 Å². The molecule has 156 valence electrons. The molecule has 29 heavy (non-hydrogen) atoms. The summed E-state index contributed by atoms with van der Waals surface area (Å²) in [4.78, 5) is 23.9. The van der Waals surface area contributed by atoms with Gasteiger partial charge in [-0.25, -0.2) is 4.79 Å². The van der Waals surface area contributed by atoms with Gasteiger partial charge in [-0.15, -0.1) is 0 Å². The molecule has 0 aliphatic heterocycles. The van der Waals surface area contributed by atoms with Gasteiger partial charge >= 0.3 is 5.63 Å². The van der Waals surface area contributed by atoms with E-state index < -0.39 is 11.7 Å². The van der Waals surface area contributed by atoms with Gasteiger partial charge < -0.3 is 14.5 Å². The maximum atomic E-state index is 12.3. The number of aryl methyl sites for hydroxylation is 1. The second-order valence-corrected chi connectivity index (χ2v) is 8.03. The zero-order valence-electron chi connectivity index (χ0n) is 16.9. The van der Waals surface area contributed by atoms with Crippen LogP contribution >= 0.6 is 12.2 Å². The summed E-state index contributed by atoms with van der Waals surface area (Å²) in [6.45, 7) is 5.68. The van der Waals surface area contributed by atoms with Crippen molar-refractivity contribution in [2.45, 2.75) is 58.6 Å². The average molecular weight is 418 g/mol. The summed E-state index contributed by atoms with van der Waals surface area (Å²) < 4.78 is 10.9. The minimum atomic E-state index is -0.770. The monoisotopic (exact) mass is 417 g/mol. The van der Waals surface area contributed by atoms with Crippen LogP contribution in [0, 0.1) is 12.8 Å². The smallest absolute Gasteiger partial charge is 0.336 e. The lowest BCUT2D eigenvalue weighted by Gasteiger charge is -2.30. The maximum absolute atomic E-state index is 12.3. The summed E-state index contributed by atoms with van der Waals surface area (Å²) in [7, 11) is 0. The number of nitrogens with one attached hydrogen (secondary N) is 3. The van der Waals surface area contributed by atoms with Crippen LogP contribution in [0.5, 0.6) is 5.75 Å². The van der Waals surface area contributed by atoms with Crippen LogP contribution in [0.15, 0.2) is 33.5 Å². The molecule has 3 atom stereocenters. The number of benzene rings is 1. The Kier molecular flexibility index (Phi) is 6.74. The number of fused-ring (bicyclic) bond motifs is 1. The van der Waals surface area contributed by atoms with Gasteiger partial charge in [0.2, 0.25) is 0 Å². The Hall–Kier alpha value is -2.61. The third kappa shape index (κ3) is 5.47. The fraction of sp³-hybridized carbons (Fsp3) is 0.476. The molecule has 0 saturated heterocycles. The molecule has 1 aliphatic rings. The molecule has 3 N–H and O–H groups in total. The molecule has 1 fully saturated rings. The van der Waals surface area contributed by atoms with Crippen molar-refractivity contribution in [2.75, 3.05) is 0 Å². The van der Waals surface area contributed by atoms with Gasteiger partial charge in [0.05, 0.1) is 0 Å². The Morgan fingerprint density at radius 3 is 2.76 bits per heavy atom. The van der Waals surface area contributed by atoms with E-state index in [0.717, 1.165) is 17.4 Å². The number of carbonyl (C=O) groups excluding carboxylic acids is 1. The van der Waals surface area contributed by atoms with Crippen molar-refractivity contribution in [1.29, 1.82) is 0 Å². The summed E-state index contributed by atoms with van der Waals surface area (Å²) >= 11 is 5.28. The van der Waals surface area contributed by atoms with Crippen LogP contribution in [0.2, 0.25) is 0 Å². The van der Waals surface area contributed by atoms with Crippen LogP contribution in [0.3, 0.4) is 0 Å². The number of hydrazine groups is 1. The Morgan fingerprint density at radius 1 is 1.24 bits per heavy atom. The van der Waals surface area contributed by atoms with Gasteiger partial charge in [-0.3, -0.25) is 15.6 Å². The molecule has 1 aromatic heterocycles. The van der Waals surface area contributed by atoms with E-state index >= 15 is 0 Å². The first-order valence-electron chi connectivity index (χ1n) is 9.91. The van der Waals surface area contributed by atoms with Crippen molar-refractivity contribution in [3.05, 3.63) is 40.2 Å². The predicted molar refractivity (Wildman–Crippen MR) is 116 cm³/mol. The largest absolute Gasteiger partial charge is 0.481 e. The summed E-state index contributed by atoms with van der Waals surface area (Å²) in [5.41, 5.74) is 6.14. The second kappa shape index (κ2) is 9.26. The lowest BCUT2D eigenvalue weighted by molar-refractivity contribution is -0.127. The second-order valence-electron chi connectivity index (χ2n) is 7.62. The lowest BCUT2D eigenvalue weighted by Crippen LogP contribution is -2.53. The average Bonchev–Trinajstić information content (AvgIpc) is 2.67. The SMILES string of the molecule is Cc1cc(=O)oc2cc(O[C@@H](C)C(=O)NNC(=S)N[C@@H]3CCCC[C@@H]3C)ccc12. The van der Waals surface area contributed by atoms with Crippen LogP contribution in [0.4, 0.5) is 0 Å². The number of amides is 1. The summed E-state index contributed by atoms with van der Waals surface area (Å²) in [6, 6.07) is 6.91. The quantitative estimate of drug-likeness (QED) is 0.400. The Bertz CT molecular complexity index is 959.